The maximum Gasteiger partial charge on any atom is 0.1000 e. The summed E-state index contributed by atoms with van der Waals surface area (Å²) in [7, 11) is 0. The molecule has 0 amide bonds. The summed E-state index contributed by atoms with van der Waals surface area (Å²) in [5.74, 6) is 1.36. The van der Waals surface area contributed by atoms with E-state index in [1.54, 1.807) is 6.21 Å². The van der Waals surface area contributed by atoms with Gasteiger partial charge in [-0.3, -0.25) is 4.99 Å². The highest BCUT2D eigenvalue weighted by atomic mass is 79.9. The zero-order valence-corrected chi connectivity index (χ0v) is 17.5. The molecule has 1 aromatic heterocycles. The van der Waals surface area contributed by atoms with E-state index >= 15 is 0 Å². The number of nitrogens with zero attached hydrogens (tertiary/aromatic N) is 3. The molecule has 0 radical (unpaired) electrons. The van der Waals surface area contributed by atoms with Crippen molar-refractivity contribution in [3.63, 3.8) is 0 Å². The molecule has 1 aliphatic carbocycles. The van der Waals surface area contributed by atoms with Crippen molar-refractivity contribution < 1.29 is 5.11 Å². The largest absolute Gasteiger partial charge is 0.389 e. The Kier molecular flexibility index (Phi) is 7.07. The number of hydrogen-bond donors (Lipinski definition) is 2. The standard InChI is InChI=1S/C21H29BrN4O/c1-2-24-12-16(27)13-26-14-18(21-17(22)9-6-10-19(21)26)25-20(23)11-15-7-4-3-5-8-15/h2,6,9-10,14-16,27H,3-5,7-8,11-13H2,1H3,(H2,23,25). The van der Waals surface area contributed by atoms with E-state index in [2.05, 4.69) is 20.9 Å². The van der Waals surface area contributed by atoms with Crippen molar-refractivity contribution in [1.29, 1.82) is 0 Å². The number of aliphatic hydroxyl groups is 1. The number of aromatic nitrogens is 1. The Morgan fingerprint density at radius 1 is 1.37 bits per heavy atom. The molecule has 5 nitrogen and oxygen atoms in total. The van der Waals surface area contributed by atoms with Gasteiger partial charge in [0.05, 0.1) is 36.2 Å². The van der Waals surface area contributed by atoms with Crippen LogP contribution in [0.25, 0.3) is 10.9 Å². The Labute approximate surface area is 169 Å². The van der Waals surface area contributed by atoms with Crippen molar-refractivity contribution in [3.05, 3.63) is 28.9 Å². The second kappa shape index (κ2) is 9.51. The predicted octanol–water partition coefficient (Wildman–Crippen LogP) is 4.81. The van der Waals surface area contributed by atoms with E-state index in [4.69, 9.17) is 10.7 Å². The number of aliphatic hydroxyl groups excluding tert-OH is 1. The molecular weight excluding hydrogens is 404 g/mol. The van der Waals surface area contributed by atoms with Gasteiger partial charge in [-0.2, -0.15) is 0 Å². The van der Waals surface area contributed by atoms with E-state index in [-0.39, 0.29) is 0 Å². The lowest BCUT2D eigenvalue weighted by Gasteiger charge is -2.20. The minimum Gasteiger partial charge on any atom is -0.389 e. The lowest BCUT2D eigenvalue weighted by Crippen LogP contribution is -2.19. The summed E-state index contributed by atoms with van der Waals surface area (Å²) in [6.45, 7) is 2.73. The fourth-order valence-corrected chi connectivity index (χ4v) is 4.48. The molecule has 6 heteroatoms. The van der Waals surface area contributed by atoms with Crippen molar-refractivity contribution in [3.8, 4) is 0 Å². The van der Waals surface area contributed by atoms with Gasteiger partial charge in [0, 0.05) is 22.5 Å². The number of rotatable bonds is 7. The SMILES string of the molecule is CC=NCC(O)Cn1cc(N=C(N)CC2CCCCC2)c2c(Br)cccc21. The summed E-state index contributed by atoms with van der Waals surface area (Å²) in [6.07, 6.45) is 10.5. The summed E-state index contributed by atoms with van der Waals surface area (Å²) in [5, 5.41) is 11.3. The molecule has 1 aromatic carbocycles. The third-order valence-corrected chi connectivity index (χ3v) is 5.89. The van der Waals surface area contributed by atoms with Gasteiger partial charge in [-0.1, -0.05) is 54.1 Å². The molecule has 0 spiro atoms. The minimum absolute atomic E-state index is 0.395. The van der Waals surface area contributed by atoms with Gasteiger partial charge < -0.3 is 15.4 Å². The van der Waals surface area contributed by atoms with E-state index in [0.717, 1.165) is 27.5 Å². The monoisotopic (exact) mass is 432 g/mol. The smallest absolute Gasteiger partial charge is 0.1000 e. The molecule has 1 unspecified atom stereocenters. The zero-order chi connectivity index (χ0) is 19.2. The first-order chi connectivity index (χ1) is 13.1. The number of amidine groups is 1. The van der Waals surface area contributed by atoms with Crippen LogP contribution in [0.4, 0.5) is 5.69 Å². The second-order valence-corrected chi connectivity index (χ2v) is 8.24. The van der Waals surface area contributed by atoms with Gasteiger partial charge in [0.1, 0.15) is 0 Å². The second-order valence-electron chi connectivity index (χ2n) is 7.39. The highest BCUT2D eigenvalue weighted by Gasteiger charge is 2.17. The average molecular weight is 433 g/mol. The van der Waals surface area contributed by atoms with Crippen molar-refractivity contribution in [2.24, 2.45) is 21.6 Å². The minimum atomic E-state index is -0.535. The maximum absolute atomic E-state index is 10.3. The van der Waals surface area contributed by atoms with Crippen LogP contribution < -0.4 is 5.73 Å². The molecule has 1 aliphatic rings. The van der Waals surface area contributed by atoms with Crippen LogP contribution in [0, 0.1) is 5.92 Å². The summed E-state index contributed by atoms with van der Waals surface area (Å²) in [4.78, 5) is 8.91. The Hall–Kier alpha value is -1.66. The summed E-state index contributed by atoms with van der Waals surface area (Å²) < 4.78 is 3.03. The van der Waals surface area contributed by atoms with Gasteiger partial charge >= 0.3 is 0 Å². The van der Waals surface area contributed by atoms with Crippen LogP contribution in [0.2, 0.25) is 0 Å². The Morgan fingerprint density at radius 3 is 2.89 bits per heavy atom. The average Bonchev–Trinajstić information content (AvgIpc) is 2.99. The van der Waals surface area contributed by atoms with Crippen molar-refractivity contribution in [1.82, 2.24) is 4.57 Å². The maximum atomic E-state index is 10.3. The molecule has 0 bridgehead atoms. The van der Waals surface area contributed by atoms with Crippen LogP contribution in [-0.2, 0) is 6.54 Å². The Balaban J connectivity index is 1.86. The van der Waals surface area contributed by atoms with Gasteiger partial charge in [-0.15, -0.1) is 0 Å². The lowest BCUT2D eigenvalue weighted by atomic mass is 9.87. The molecule has 146 valence electrons. The molecule has 0 aliphatic heterocycles. The van der Waals surface area contributed by atoms with Crippen molar-refractivity contribution in [2.75, 3.05) is 6.54 Å². The number of hydrogen-bond acceptors (Lipinski definition) is 3. The molecule has 0 saturated heterocycles. The first-order valence-electron chi connectivity index (χ1n) is 9.81. The van der Waals surface area contributed by atoms with Gasteiger partial charge in [-0.25, -0.2) is 4.99 Å². The fourth-order valence-electron chi connectivity index (χ4n) is 3.92. The molecule has 1 atom stereocenters. The Morgan fingerprint density at radius 2 is 2.15 bits per heavy atom. The number of benzene rings is 1. The van der Waals surface area contributed by atoms with Crippen LogP contribution >= 0.6 is 15.9 Å². The topological polar surface area (TPSA) is 75.9 Å². The van der Waals surface area contributed by atoms with Crippen LogP contribution in [0.5, 0.6) is 0 Å². The molecule has 1 fully saturated rings. The van der Waals surface area contributed by atoms with E-state index in [1.807, 2.05) is 35.9 Å². The van der Waals surface area contributed by atoms with Crippen LogP contribution in [0.1, 0.15) is 45.4 Å². The molecule has 1 heterocycles. The first kappa shape index (κ1) is 20.1. The van der Waals surface area contributed by atoms with Gasteiger partial charge in [0.2, 0.25) is 0 Å². The Bertz CT molecular complexity index is 821. The molecule has 1 saturated carbocycles. The number of fused-ring (bicyclic) bond motifs is 1. The third-order valence-electron chi connectivity index (χ3n) is 5.23. The number of halogens is 1. The van der Waals surface area contributed by atoms with Gasteiger partial charge in [0.15, 0.2) is 0 Å². The number of aliphatic imine (C=N–C) groups is 2. The fraction of sp³-hybridized carbons (Fsp3) is 0.524. The van der Waals surface area contributed by atoms with Crippen molar-refractivity contribution >= 4 is 44.6 Å². The molecule has 27 heavy (non-hydrogen) atoms. The highest BCUT2D eigenvalue weighted by molar-refractivity contribution is 9.10. The van der Waals surface area contributed by atoms with E-state index in [0.29, 0.717) is 24.8 Å². The quantitative estimate of drug-likeness (QED) is 0.486. The van der Waals surface area contributed by atoms with Crippen molar-refractivity contribution in [2.45, 2.75) is 58.1 Å². The van der Waals surface area contributed by atoms with Gasteiger partial charge in [0.25, 0.3) is 0 Å². The first-order valence-corrected chi connectivity index (χ1v) is 10.6. The normalized spacial score (nSPS) is 17.8. The molecule has 2 aromatic rings. The van der Waals surface area contributed by atoms with E-state index in [9.17, 15) is 5.11 Å². The molecular formula is C21H29BrN4O. The van der Waals surface area contributed by atoms with Gasteiger partial charge in [-0.05, 0) is 31.2 Å². The third kappa shape index (κ3) is 5.20. The van der Waals surface area contributed by atoms with E-state index < -0.39 is 6.10 Å². The van der Waals surface area contributed by atoms with Crippen LogP contribution in [-0.4, -0.2) is 34.4 Å². The zero-order valence-electron chi connectivity index (χ0n) is 15.9. The molecule has 3 N–H and O–H groups in total. The van der Waals surface area contributed by atoms with E-state index in [1.165, 1.54) is 32.1 Å². The summed E-state index contributed by atoms with van der Waals surface area (Å²) >= 11 is 3.65. The van der Waals surface area contributed by atoms with Crippen LogP contribution in [0.3, 0.4) is 0 Å². The predicted molar refractivity (Wildman–Crippen MR) is 117 cm³/mol. The molecule has 3 rings (SSSR count). The lowest BCUT2D eigenvalue weighted by molar-refractivity contribution is 0.164. The highest BCUT2D eigenvalue weighted by Crippen LogP contribution is 2.35. The van der Waals surface area contributed by atoms with Crippen LogP contribution in [0.15, 0.2) is 38.9 Å². The summed E-state index contributed by atoms with van der Waals surface area (Å²) in [6, 6.07) is 6.06. The summed E-state index contributed by atoms with van der Waals surface area (Å²) in [5.41, 5.74) is 8.20. The number of nitrogens with two attached hydrogens (primary N) is 1.